The van der Waals surface area contributed by atoms with E-state index in [1.54, 1.807) is 12.1 Å². The lowest BCUT2D eigenvalue weighted by molar-refractivity contribution is -0.137. The molecule has 2 rings (SSSR count). The lowest BCUT2D eigenvalue weighted by Gasteiger charge is -2.15. The van der Waals surface area contributed by atoms with Crippen LogP contribution in [0, 0.1) is 5.92 Å². The highest BCUT2D eigenvalue weighted by Crippen LogP contribution is 2.29. The zero-order valence-electron chi connectivity index (χ0n) is 10.5. The fraction of sp³-hybridized carbons (Fsp3) is 0.571. The van der Waals surface area contributed by atoms with E-state index in [2.05, 4.69) is 11.8 Å². The lowest BCUT2D eigenvalue weighted by Crippen LogP contribution is -2.23. The Morgan fingerprint density at radius 3 is 2.39 bits per heavy atom. The van der Waals surface area contributed by atoms with E-state index >= 15 is 0 Å². The van der Waals surface area contributed by atoms with Crippen LogP contribution in [0.1, 0.15) is 24.5 Å². The molecule has 0 radical (unpaired) electrons. The molecule has 18 heavy (non-hydrogen) atoms. The third-order valence-corrected chi connectivity index (χ3v) is 3.51. The van der Waals surface area contributed by atoms with Gasteiger partial charge in [-0.15, -0.1) is 0 Å². The number of alkyl halides is 3. The predicted octanol–water partition coefficient (Wildman–Crippen LogP) is 3.59. The van der Waals surface area contributed by atoms with E-state index in [1.165, 1.54) is 18.6 Å². The monoisotopic (exact) mass is 257 g/mol. The summed E-state index contributed by atoms with van der Waals surface area (Å²) < 4.78 is 37.2. The smallest absolute Gasteiger partial charge is 0.303 e. The van der Waals surface area contributed by atoms with Crippen LogP contribution in [0.15, 0.2) is 24.3 Å². The van der Waals surface area contributed by atoms with Gasteiger partial charge in [-0.2, -0.15) is 13.2 Å². The summed E-state index contributed by atoms with van der Waals surface area (Å²) >= 11 is 0. The average Bonchev–Trinajstić information content (AvgIpc) is 2.72. The van der Waals surface area contributed by atoms with Crippen molar-refractivity contribution < 1.29 is 13.2 Å². The molecule has 4 heteroatoms. The molecule has 1 atom stereocenters. The van der Waals surface area contributed by atoms with E-state index in [0.29, 0.717) is 0 Å². The largest absolute Gasteiger partial charge is 0.416 e. The average molecular weight is 257 g/mol. The molecule has 0 aromatic heterocycles. The summed E-state index contributed by atoms with van der Waals surface area (Å²) in [5, 5.41) is 0. The SMILES string of the molecule is CC1CCN(CCc2ccc(C(F)(F)F)cc2)C1. The summed E-state index contributed by atoms with van der Waals surface area (Å²) in [5.41, 5.74) is 0.406. The molecule has 0 aliphatic carbocycles. The molecule has 1 fully saturated rings. The Morgan fingerprint density at radius 1 is 1.22 bits per heavy atom. The fourth-order valence-electron chi connectivity index (χ4n) is 2.38. The molecule has 1 aliphatic heterocycles. The number of rotatable bonds is 3. The maximum absolute atomic E-state index is 12.4. The second kappa shape index (κ2) is 5.31. The fourth-order valence-corrected chi connectivity index (χ4v) is 2.38. The maximum Gasteiger partial charge on any atom is 0.416 e. The third kappa shape index (κ3) is 3.48. The van der Waals surface area contributed by atoms with Gasteiger partial charge in [0, 0.05) is 13.1 Å². The van der Waals surface area contributed by atoms with Crippen LogP contribution in [0.4, 0.5) is 13.2 Å². The molecule has 1 aromatic rings. The second-order valence-electron chi connectivity index (χ2n) is 5.14. The first kappa shape index (κ1) is 13.4. The Kier molecular flexibility index (Phi) is 3.95. The van der Waals surface area contributed by atoms with E-state index in [1.807, 2.05) is 0 Å². The van der Waals surface area contributed by atoms with E-state index in [0.717, 1.165) is 37.5 Å². The van der Waals surface area contributed by atoms with Crippen molar-refractivity contribution in [2.24, 2.45) is 5.92 Å². The maximum atomic E-state index is 12.4. The molecule has 1 nitrogen and oxygen atoms in total. The van der Waals surface area contributed by atoms with Crippen LogP contribution in [0.2, 0.25) is 0 Å². The van der Waals surface area contributed by atoms with Gasteiger partial charge in [-0.05, 0) is 43.0 Å². The van der Waals surface area contributed by atoms with Crippen LogP contribution >= 0.6 is 0 Å². The van der Waals surface area contributed by atoms with E-state index < -0.39 is 11.7 Å². The highest BCUT2D eigenvalue weighted by molar-refractivity contribution is 5.24. The van der Waals surface area contributed by atoms with Gasteiger partial charge >= 0.3 is 6.18 Å². The Morgan fingerprint density at radius 2 is 1.89 bits per heavy atom. The van der Waals surface area contributed by atoms with Gasteiger partial charge in [-0.1, -0.05) is 19.1 Å². The first-order chi connectivity index (χ1) is 8.45. The zero-order valence-corrected chi connectivity index (χ0v) is 10.5. The minimum Gasteiger partial charge on any atom is -0.303 e. The quantitative estimate of drug-likeness (QED) is 0.800. The van der Waals surface area contributed by atoms with Crippen molar-refractivity contribution in [3.05, 3.63) is 35.4 Å². The number of hydrogen-bond acceptors (Lipinski definition) is 1. The van der Waals surface area contributed by atoms with Crippen molar-refractivity contribution in [1.29, 1.82) is 0 Å². The molecule has 0 spiro atoms. The molecule has 1 unspecified atom stereocenters. The summed E-state index contributed by atoms with van der Waals surface area (Å²) in [5.74, 6) is 0.748. The van der Waals surface area contributed by atoms with Gasteiger partial charge in [0.2, 0.25) is 0 Å². The van der Waals surface area contributed by atoms with Crippen LogP contribution in [0.5, 0.6) is 0 Å². The Bertz CT molecular complexity index is 383. The summed E-state index contributed by atoms with van der Waals surface area (Å²) in [7, 11) is 0. The minimum atomic E-state index is -4.23. The number of halogens is 3. The molecule has 0 saturated carbocycles. The molecular weight excluding hydrogens is 239 g/mol. The number of likely N-dealkylation sites (tertiary alicyclic amines) is 1. The van der Waals surface area contributed by atoms with Gasteiger partial charge in [0.15, 0.2) is 0 Å². The number of benzene rings is 1. The first-order valence-corrected chi connectivity index (χ1v) is 6.33. The van der Waals surface area contributed by atoms with E-state index in [4.69, 9.17) is 0 Å². The summed E-state index contributed by atoms with van der Waals surface area (Å²) in [4.78, 5) is 2.38. The zero-order chi connectivity index (χ0) is 13.2. The molecule has 1 aliphatic rings. The van der Waals surface area contributed by atoms with Crippen molar-refractivity contribution in [3.63, 3.8) is 0 Å². The van der Waals surface area contributed by atoms with Crippen LogP contribution in [0.25, 0.3) is 0 Å². The summed E-state index contributed by atoms with van der Waals surface area (Å²) in [6.07, 6.45) is -2.18. The third-order valence-electron chi connectivity index (χ3n) is 3.51. The molecule has 100 valence electrons. The Labute approximate surface area is 106 Å². The topological polar surface area (TPSA) is 3.24 Å². The molecule has 0 N–H and O–H groups in total. The van der Waals surface area contributed by atoms with Crippen molar-refractivity contribution in [1.82, 2.24) is 4.90 Å². The van der Waals surface area contributed by atoms with Crippen LogP contribution in [-0.4, -0.2) is 24.5 Å². The highest BCUT2D eigenvalue weighted by atomic mass is 19.4. The van der Waals surface area contributed by atoms with Gasteiger partial charge < -0.3 is 4.90 Å². The van der Waals surface area contributed by atoms with Gasteiger partial charge in [-0.25, -0.2) is 0 Å². The van der Waals surface area contributed by atoms with Crippen molar-refractivity contribution in [3.8, 4) is 0 Å². The van der Waals surface area contributed by atoms with Crippen molar-refractivity contribution in [2.45, 2.75) is 25.9 Å². The molecule has 1 aromatic carbocycles. The normalized spacial score (nSPS) is 21.4. The Balaban J connectivity index is 1.87. The van der Waals surface area contributed by atoms with Crippen LogP contribution < -0.4 is 0 Å². The van der Waals surface area contributed by atoms with Gasteiger partial charge in [0.25, 0.3) is 0 Å². The molecular formula is C14H18F3N. The second-order valence-corrected chi connectivity index (χ2v) is 5.14. The van der Waals surface area contributed by atoms with Gasteiger partial charge in [-0.3, -0.25) is 0 Å². The van der Waals surface area contributed by atoms with E-state index in [9.17, 15) is 13.2 Å². The standard InChI is InChI=1S/C14H18F3N/c1-11-6-8-18(10-11)9-7-12-2-4-13(5-3-12)14(15,16)17/h2-5,11H,6-10H2,1H3. The van der Waals surface area contributed by atoms with Crippen LogP contribution in [-0.2, 0) is 12.6 Å². The molecule has 0 bridgehead atoms. The number of nitrogens with zero attached hydrogens (tertiary/aromatic N) is 1. The summed E-state index contributed by atoms with van der Waals surface area (Å²) in [6.45, 7) is 5.40. The van der Waals surface area contributed by atoms with Crippen LogP contribution in [0.3, 0.4) is 0 Å². The van der Waals surface area contributed by atoms with Crippen molar-refractivity contribution in [2.75, 3.05) is 19.6 Å². The number of hydrogen-bond donors (Lipinski definition) is 0. The first-order valence-electron chi connectivity index (χ1n) is 6.33. The predicted molar refractivity (Wildman–Crippen MR) is 65.4 cm³/mol. The van der Waals surface area contributed by atoms with Gasteiger partial charge in [0.1, 0.15) is 0 Å². The highest BCUT2D eigenvalue weighted by Gasteiger charge is 2.29. The lowest BCUT2D eigenvalue weighted by atomic mass is 10.1. The molecule has 1 heterocycles. The molecule has 1 saturated heterocycles. The van der Waals surface area contributed by atoms with Gasteiger partial charge in [0.05, 0.1) is 5.56 Å². The van der Waals surface area contributed by atoms with Crippen molar-refractivity contribution >= 4 is 0 Å². The Hall–Kier alpha value is -1.03. The van der Waals surface area contributed by atoms with E-state index in [-0.39, 0.29) is 0 Å². The molecule has 0 amide bonds. The minimum absolute atomic E-state index is 0.568. The summed E-state index contributed by atoms with van der Waals surface area (Å²) in [6, 6.07) is 5.51.